The van der Waals surface area contributed by atoms with Crippen molar-refractivity contribution in [3.63, 3.8) is 0 Å². The molecule has 0 aliphatic carbocycles. The number of nitrogens with one attached hydrogen (secondary N) is 1. The van der Waals surface area contributed by atoms with E-state index in [0.29, 0.717) is 11.9 Å². The quantitative estimate of drug-likeness (QED) is 0.740. The van der Waals surface area contributed by atoms with E-state index in [2.05, 4.69) is 19.2 Å². The Morgan fingerprint density at radius 2 is 2.36 bits per heavy atom. The average molecular weight is 198 g/mol. The zero-order valence-electron chi connectivity index (χ0n) is 9.55. The summed E-state index contributed by atoms with van der Waals surface area (Å²) in [7, 11) is 1.92. The molecular formula is C11H22N2O. The van der Waals surface area contributed by atoms with Crippen LogP contribution in [0.15, 0.2) is 0 Å². The van der Waals surface area contributed by atoms with E-state index in [1.807, 2.05) is 11.9 Å². The van der Waals surface area contributed by atoms with Crippen LogP contribution in [0.4, 0.5) is 0 Å². The summed E-state index contributed by atoms with van der Waals surface area (Å²) in [5, 5.41) is 3.28. The van der Waals surface area contributed by atoms with Gasteiger partial charge in [-0.15, -0.1) is 0 Å². The molecule has 14 heavy (non-hydrogen) atoms. The first-order chi connectivity index (χ1) is 6.66. The number of hydrogen-bond acceptors (Lipinski definition) is 2. The highest BCUT2D eigenvalue weighted by Crippen LogP contribution is 2.14. The third-order valence-corrected chi connectivity index (χ3v) is 3.25. The molecule has 3 heteroatoms. The van der Waals surface area contributed by atoms with Gasteiger partial charge in [-0.3, -0.25) is 4.79 Å². The van der Waals surface area contributed by atoms with Gasteiger partial charge in [0.25, 0.3) is 0 Å². The molecule has 1 rings (SSSR count). The first-order valence-corrected chi connectivity index (χ1v) is 5.64. The molecule has 0 radical (unpaired) electrons. The second-order valence-electron chi connectivity index (χ2n) is 4.25. The van der Waals surface area contributed by atoms with Crippen LogP contribution in [0, 0.1) is 5.92 Å². The normalized spacial score (nSPS) is 24.4. The first kappa shape index (κ1) is 11.5. The summed E-state index contributed by atoms with van der Waals surface area (Å²) in [5.74, 6) is 0.523. The Labute approximate surface area is 86.9 Å². The average Bonchev–Trinajstić information content (AvgIpc) is 2.27. The van der Waals surface area contributed by atoms with Gasteiger partial charge in [0.1, 0.15) is 0 Å². The minimum atomic E-state index is 0.211. The van der Waals surface area contributed by atoms with E-state index in [1.165, 1.54) is 0 Å². The van der Waals surface area contributed by atoms with E-state index in [0.717, 1.165) is 32.4 Å². The van der Waals surface area contributed by atoms with E-state index in [4.69, 9.17) is 0 Å². The number of hydrogen-bond donors (Lipinski definition) is 1. The Balaban J connectivity index is 2.46. The lowest BCUT2D eigenvalue weighted by Crippen LogP contribution is -2.44. The van der Waals surface area contributed by atoms with Gasteiger partial charge in [-0.25, -0.2) is 0 Å². The van der Waals surface area contributed by atoms with Crippen LogP contribution >= 0.6 is 0 Å². The van der Waals surface area contributed by atoms with Crippen molar-refractivity contribution in [1.82, 2.24) is 10.2 Å². The standard InChI is InChI=1S/C11H22N2O/c1-4-9(2)13(3)11(14)10-6-5-7-12-8-10/h9-10,12H,4-8H2,1-3H3/t9?,10-/m0/s1. The molecule has 1 heterocycles. The summed E-state index contributed by atoms with van der Waals surface area (Å²) >= 11 is 0. The molecule has 1 saturated heterocycles. The lowest BCUT2D eigenvalue weighted by Gasteiger charge is -2.30. The molecule has 3 nitrogen and oxygen atoms in total. The Kier molecular flexibility index (Phi) is 4.39. The SMILES string of the molecule is CCC(C)N(C)C(=O)[C@H]1CCCNC1. The Bertz CT molecular complexity index is 184. The molecule has 1 amide bonds. The molecule has 1 aliphatic rings. The minimum Gasteiger partial charge on any atom is -0.343 e. The fourth-order valence-electron chi connectivity index (χ4n) is 1.84. The molecule has 82 valence electrons. The van der Waals surface area contributed by atoms with Crippen molar-refractivity contribution in [3.8, 4) is 0 Å². The van der Waals surface area contributed by atoms with Gasteiger partial charge in [-0.05, 0) is 32.7 Å². The van der Waals surface area contributed by atoms with Crippen LogP contribution < -0.4 is 5.32 Å². The summed E-state index contributed by atoms with van der Waals surface area (Å²) in [6, 6.07) is 0.365. The molecule has 1 unspecified atom stereocenters. The molecule has 1 N–H and O–H groups in total. The van der Waals surface area contributed by atoms with E-state index in [-0.39, 0.29) is 5.92 Å². The number of piperidine rings is 1. The topological polar surface area (TPSA) is 32.3 Å². The van der Waals surface area contributed by atoms with Gasteiger partial charge in [0, 0.05) is 19.6 Å². The number of carbonyl (C=O) groups is 1. The largest absolute Gasteiger partial charge is 0.343 e. The van der Waals surface area contributed by atoms with Crippen molar-refractivity contribution in [2.75, 3.05) is 20.1 Å². The van der Waals surface area contributed by atoms with Crippen molar-refractivity contribution in [1.29, 1.82) is 0 Å². The summed E-state index contributed by atoms with van der Waals surface area (Å²) < 4.78 is 0. The number of nitrogens with zero attached hydrogens (tertiary/aromatic N) is 1. The van der Waals surface area contributed by atoms with Crippen molar-refractivity contribution in [3.05, 3.63) is 0 Å². The third kappa shape index (κ3) is 2.71. The van der Waals surface area contributed by atoms with Gasteiger partial charge in [-0.1, -0.05) is 6.92 Å². The molecule has 0 bridgehead atoms. The van der Waals surface area contributed by atoms with Gasteiger partial charge < -0.3 is 10.2 Å². The van der Waals surface area contributed by atoms with Crippen LogP contribution in [0.25, 0.3) is 0 Å². The second-order valence-corrected chi connectivity index (χ2v) is 4.25. The van der Waals surface area contributed by atoms with Crippen LogP contribution in [-0.2, 0) is 4.79 Å². The Morgan fingerprint density at radius 3 is 2.86 bits per heavy atom. The van der Waals surface area contributed by atoms with E-state index in [1.54, 1.807) is 0 Å². The highest BCUT2D eigenvalue weighted by molar-refractivity contribution is 5.79. The van der Waals surface area contributed by atoms with E-state index >= 15 is 0 Å². The van der Waals surface area contributed by atoms with Crippen LogP contribution in [0.5, 0.6) is 0 Å². The lowest BCUT2D eigenvalue weighted by atomic mass is 9.97. The maximum Gasteiger partial charge on any atom is 0.226 e. The predicted molar refractivity (Wildman–Crippen MR) is 58.1 cm³/mol. The predicted octanol–water partition coefficient (Wildman–Crippen LogP) is 1.24. The van der Waals surface area contributed by atoms with Gasteiger partial charge in [-0.2, -0.15) is 0 Å². The van der Waals surface area contributed by atoms with Gasteiger partial charge in [0.2, 0.25) is 5.91 Å². The fourth-order valence-corrected chi connectivity index (χ4v) is 1.84. The zero-order valence-corrected chi connectivity index (χ0v) is 9.55. The molecule has 2 atom stereocenters. The van der Waals surface area contributed by atoms with Crippen LogP contribution in [0.2, 0.25) is 0 Å². The Hall–Kier alpha value is -0.570. The fraction of sp³-hybridized carbons (Fsp3) is 0.909. The van der Waals surface area contributed by atoms with Crippen LogP contribution in [0.3, 0.4) is 0 Å². The first-order valence-electron chi connectivity index (χ1n) is 5.64. The van der Waals surface area contributed by atoms with Crippen molar-refractivity contribution < 1.29 is 4.79 Å². The zero-order chi connectivity index (χ0) is 10.6. The Morgan fingerprint density at radius 1 is 1.64 bits per heavy atom. The minimum absolute atomic E-state index is 0.211. The summed E-state index contributed by atoms with van der Waals surface area (Å²) in [4.78, 5) is 13.9. The number of amides is 1. The van der Waals surface area contributed by atoms with Gasteiger partial charge >= 0.3 is 0 Å². The van der Waals surface area contributed by atoms with Gasteiger partial charge in [0.15, 0.2) is 0 Å². The molecule has 1 fully saturated rings. The lowest BCUT2D eigenvalue weighted by molar-refractivity contribution is -0.136. The molecule has 0 saturated carbocycles. The summed E-state index contributed by atoms with van der Waals surface area (Å²) in [5.41, 5.74) is 0. The molecular weight excluding hydrogens is 176 g/mol. The van der Waals surface area contributed by atoms with Crippen molar-refractivity contribution in [2.24, 2.45) is 5.92 Å². The number of rotatable bonds is 3. The van der Waals surface area contributed by atoms with E-state index < -0.39 is 0 Å². The van der Waals surface area contributed by atoms with Crippen molar-refractivity contribution in [2.45, 2.75) is 39.2 Å². The highest BCUT2D eigenvalue weighted by Gasteiger charge is 2.25. The smallest absolute Gasteiger partial charge is 0.226 e. The molecule has 0 aromatic carbocycles. The molecule has 0 aromatic heterocycles. The second kappa shape index (κ2) is 5.35. The van der Waals surface area contributed by atoms with Crippen LogP contribution in [0.1, 0.15) is 33.1 Å². The summed E-state index contributed by atoms with van der Waals surface area (Å²) in [6.07, 6.45) is 3.21. The third-order valence-electron chi connectivity index (χ3n) is 3.25. The molecule has 1 aliphatic heterocycles. The van der Waals surface area contributed by atoms with Gasteiger partial charge in [0.05, 0.1) is 5.92 Å². The van der Waals surface area contributed by atoms with Crippen molar-refractivity contribution >= 4 is 5.91 Å². The van der Waals surface area contributed by atoms with Crippen LogP contribution in [-0.4, -0.2) is 37.0 Å². The molecule has 0 spiro atoms. The maximum atomic E-state index is 12.0. The molecule has 0 aromatic rings. The summed E-state index contributed by atoms with van der Waals surface area (Å²) in [6.45, 7) is 6.15. The monoisotopic (exact) mass is 198 g/mol. The maximum absolute atomic E-state index is 12.0. The highest BCUT2D eigenvalue weighted by atomic mass is 16.2. The number of carbonyl (C=O) groups excluding carboxylic acids is 1. The van der Waals surface area contributed by atoms with E-state index in [9.17, 15) is 4.79 Å².